The molecule has 0 radical (unpaired) electrons. The summed E-state index contributed by atoms with van der Waals surface area (Å²) in [5, 5.41) is 1.90. The van der Waals surface area contributed by atoms with E-state index in [4.69, 9.17) is 0 Å². The van der Waals surface area contributed by atoms with Crippen molar-refractivity contribution >= 4 is 26.5 Å². The summed E-state index contributed by atoms with van der Waals surface area (Å²) in [6.45, 7) is 19.8. The Balaban J connectivity index is 6.41. The molecule has 0 aromatic rings. The first-order chi connectivity index (χ1) is 13.8. The summed E-state index contributed by atoms with van der Waals surface area (Å²) in [6.07, 6.45) is 22.1. The maximum atomic E-state index is 2.83. The summed E-state index contributed by atoms with van der Waals surface area (Å²) >= 11 is -2.40. The molecule has 0 rings (SSSR count). The van der Waals surface area contributed by atoms with Gasteiger partial charge in [0.1, 0.15) is 0 Å². The summed E-state index contributed by atoms with van der Waals surface area (Å²) in [4.78, 5) is 0. The SMILES string of the molecule is CCCC/C=C(/[C](=C/CCCC)[Sn]([CH2]CCC)([CH2]CCC)[CH2]CCC)[Si](C)(C)C. The van der Waals surface area contributed by atoms with E-state index >= 15 is 0 Å². The van der Waals surface area contributed by atoms with Gasteiger partial charge < -0.3 is 0 Å². The molecule has 29 heavy (non-hydrogen) atoms. The van der Waals surface area contributed by atoms with Gasteiger partial charge in [-0.05, 0) is 0 Å². The second-order valence-corrected chi connectivity index (χ2v) is 28.5. The molecule has 172 valence electrons. The van der Waals surface area contributed by atoms with Crippen molar-refractivity contribution in [1.82, 2.24) is 0 Å². The van der Waals surface area contributed by atoms with Gasteiger partial charge in [0.2, 0.25) is 0 Å². The molecule has 0 aliphatic heterocycles. The fourth-order valence-corrected chi connectivity index (χ4v) is 28.2. The summed E-state index contributed by atoms with van der Waals surface area (Å²) in [5.74, 6) is 0. The molecule has 0 aliphatic rings. The standard InChI is InChI=1S/C15H29Si.3C4H9.Sn/c1-6-8-10-12-14-15(16(3,4)5)13-11-9-7-2;3*1-3-4-2;/h12-13H,6-11H2,1-5H3;3*1,3-4H2,2H3;/b14-12?,15-13-;;;;. The van der Waals surface area contributed by atoms with Crippen molar-refractivity contribution in [3.8, 4) is 0 Å². The van der Waals surface area contributed by atoms with Crippen molar-refractivity contribution in [1.29, 1.82) is 0 Å². The van der Waals surface area contributed by atoms with Crippen molar-refractivity contribution in [2.75, 3.05) is 0 Å². The van der Waals surface area contributed by atoms with Crippen LogP contribution >= 0.6 is 0 Å². The molecular weight excluding hydrogens is 471 g/mol. The van der Waals surface area contributed by atoms with E-state index in [-0.39, 0.29) is 0 Å². The molecule has 2 heteroatoms. The normalized spacial score (nSPS) is 13.9. The van der Waals surface area contributed by atoms with E-state index in [1.165, 1.54) is 77.0 Å². The van der Waals surface area contributed by atoms with Crippen LogP contribution in [0, 0.1) is 0 Å². The predicted octanol–water partition coefficient (Wildman–Crippen LogP) is 10.5. The number of rotatable bonds is 18. The number of hydrogen-bond donors (Lipinski definition) is 0. The van der Waals surface area contributed by atoms with Gasteiger partial charge in [0, 0.05) is 0 Å². The Morgan fingerprint density at radius 2 is 0.966 bits per heavy atom. The number of hydrogen-bond acceptors (Lipinski definition) is 0. The first kappa shape index (κ1) is 29.5. The van der Waals surface area contributed by atoms with Crippen LogP contribution < -0.4 is 0 Å². The fraction of sp³-hybridized carbons (Fsp3) is 0.852. The van der Waals surface area contributed by atoms with Gasteiger partial charge in [0.15, 0.2) is 0 Å². The van der Waals surface area contributed by atoms with Crippen LogP contribution in [-0.4, -0.2) is 26.5 Å². The molecule has 0 nitrogen and oxygen atoms in total. The zero-order valence-electron chi connectivity index (χ0n) is 21.8. The summed E-state index contributed by atoms with van der Waals surface area (Å²) in [7, 11) is -1.34. The minimum atomic E-state index is -2.40. The van der Waals surface area contributed by atoms with Gasteiger partial charge in [-0.2, -0.15) is 0 Å². The predicted molar refractivity (Wildman–Crippen MR) is 143 cm³/mol. The first-order valence-corrected chi connectivity index (χ1v) is 24.2. The van der Waals surface area contributed by atoms with Crippen LogP contribution in [0.2, 0.25) is 33.0 Å². The van der Waals surface area contributed by atoms with Crippen LogP contribution in [0.15, 0.2) is 20.9 Å². The van der Waals surface area contributed by atoms with Crippen molar-refractivity contribution in [3.63, 3.8) is 0 Å². The van der Waals surface area contributed by atoms with Gasteiger partial charge in [0.05, 0.1) is 0 Å². The van der Waals surface area contributed by atoms with Crippen LogP contribution in [0.1, 0.15) is 112 Å². The van der Waals surface area contributed by atoms with Crippen molar-refractivity contribution < 1.29 is 0 Å². The molecule has 0 unspecified atom stereocenters. The molecule has 0 spiro atoms. The molecule has 0 saturated carbocycles. The van der Waals surface area contributed by atoms with E-state index in [2.05, 4.69) is 66.4 Å². The Bertz CT molecular complexity index is 434. The fourth-order valence-electron chi connectivity index (χ4n) is 4.66. The van der Waals surface area contributed by atoms with Crippen LogP contribution in [0.3, 0.4) is 0 Å². The Kier molecular flexibility index (Phi) is 17.4. The zero-order chi connectivity index (χ0) is 22.2. The molecule has 0 atom stereocenters. The van der Waals surface area contributed by atoms with E-state index in [0.717, 1.165) is 0 Å². The van der Waals surface area contributed by atoms with E-state index in [9.17, 15) is 0 Å². The van der Waals surface area contributed by atoms with Crippen molar-refractivity contribution in [2.45, 2.75) is 145 Å². The summed E-state index contributed by atoms with van der Waals surface area (Å²) < 4.78 is 6.86. The molecule has 0 bridgehead atoms. The Labute approximate surface area is 191 Å². The quantitative estimate of drug-likeness (QED) is 0.0945. The first-order valence-electron chi connectivity index (χ1n) is 13.2. The second-order valence-electron chi connectivity index (χ2n) is 10.4. The van der Waals surface area contributed by atoms with E-state index < -0.39 is 26.5 Å². The van der Waals surface area contributed by atoms with Gasteiger partial charge in [-0.1, -0.05) is 0 Å². The Hall–Kier alpha value is 0.496. The molecular formula is C27H56SiSn. The molecule has 0 saturated heterocycles. The number of allylic oxidation sites excluding steroid dienone is 4. The second kappa shape index (κ2) is 17.1. The van der Waals surface area contributed by atoms with E-state index in [0.29, 0.717) is 0 Å². The van der Waals surface area contributed by atoms with Crippen molar-refractivity contribution in [3.05, 3.63) is 20.9 Å². The van der Waals surface area contributed by atoms with E-state index in [1.54, 1.807) is 13.3 Å². The van der Waals surface area contributed by atoms with Gasteiger partial charge in [-0.25, -0.2) is 0 Å². The minimum absolute atomic E-state index is 1.30. The molecule has 0 amide bonds. The average Bonchev–Trinajstić information content (AvgIpc) is 2.68. The third-order valence-electron chi connectivity index (χ3n) is 6.51. The molecule has 0 heterocycles. The molecule has 0 aliphatic carbocycles. The topological polar surface area (TPSA) is 0 Å². The van der Waals surface area contributed by atoms with E-state index in [1.807, 2.05) is 8.79 Å². The van der Waals surface area contributed by atoms with Gasteiger partial charge in [0.25, 0.3) is 0 Å². The summed E-state index contributed by atoms with van der Waals surface area (Å²) in [6, 6.07) is 0. The molecule has 0 aromatic carbocycles. The van der Waals surface area contributed by atoms with Crippen LogP contribution in [0.25, 0.3) is 0 Å². The van der Waals surface area contributed by atoms with Crippen LogP contribution in [-0.2, 0) is 0 Å². The van der Waals surface area contributed by atoms with Crippen LogP contribution in [0.5, 0.6) is 0 Å². The molecule has 0 fully saturated rings. The monoisotopic (exact) mass is 528 g/mol. The van der Waals surface area contributed by atoms with Gasteiger partial charge in [-0.3, -0.25) is 0 Å². The third-order valence-corrected chi connectivity index (χ3v) is 25.1. The van der Waals surface area contributed by atoms with Gasteiger partial charge in [-0.15, -0.1) is 0 Å². The van der Waals surface area contributed by atoms with Crippen LogP contribution in [0.4, 0.5) is 0 Å². The Morgan fingerprint density at radius 3 is 1.31 bits per heavy atom. The maximum absolute atomic E-state index is 2.83. The summed E-state index contributed by atoms with van der Waals surface area (Å²) in [5.41, 5.74) is 0. The van der Waals surface area contributed by atoms with Gasteiger partial charge >= 0.3 is 192 Å². The number of unbranched alkanes of at least 4 members (excludes halogenated alkanes) is 7. The molecule has 0 aromatic heterocycles. The van der Waals surface area contributed by atoms with Crippen molar-refractivity contribution in [2.24, 2.45) is 0 Å². The zero-order valence-corrected chi connectivity index (χ0v) is 25.6. The Morgan fingerprint density at radius 1 is 0.586 bits per heavy atom. The molecule has 0 N–H and O–H groups in total. The average molecular weight is 528 g/mol. The third kappa shape index (κ3) is 11.6.